The summed E-state index contributed by atoms with van der Waals surface area (Å²) in [5, 5.41) is 49.9. The normalized spacial score (nSPS) is 32.9. The van der Waals surface area contributed by atoms with E-state index in [2.05, 4.69) is 64.7 Å². The molecule has 68 heavy (non-hydrogen) atoms. The van der Waals surface area contributed by atoms with Crippen molar-refractivity contribution >= 4 is 11.5 Å². The van der Waals surface area contributed by atoms with Crippen molar-refractivity contribution in [2.24, 2.45) is 45.2 Å². The number of nitrogens with two attached hydrogens (primary N) is 1. The van der Waals surface area contributed by atoms with Crippen LogP contribution in [-0.2, 0) is 11.2 Å². The summed E-state index contributed by atoms with van der Waals surface area (Å²) >= 11 is 0. The number of aryl methyl sites for hydroxylation is 1. The number of nitrogens with zero attached hydrogens (tertiary/aromatic N) is 2. The van der Waals surface area contributed by atoms with E-state index in [0.717, 1.165) is 73.9 Å². The standard InChI is InChI=1S/C57H66N4O7/c58-54-40-15-14-39-45(63)17-16-43-55(61-31-42-41(30-59-44(42)32-61)53-52(39)51(40)36(29-60-54)28-57(53)20-6-7-21-57)68-50-25-35(46(64)27-49(50)67-23-22-56(43)18-4-5-19-56)10-12-37(62)26-48(66)38-13-11-34(24-47(38)65)33-8-2-1-3-9-33/h11,13-15,25,27,30-31,33-34,36,38,43,45,47-48,53-55,60,63-66H,1-10,12,18-21,24,26,28-29,32,58H2/t34-,36+,38-,43+,45-,47+,48-,53-,54+,55+/m0/s1. The molecule has 356 valence electrons. The van der Waals surface area contributed by atoms with Crippen LogP contribution in [0.3, 0.4) is 0 Å². The Labute approximate surface area is 400 Å². The van der Waals surface area contributed by atoms with Crippen LogP contribution in [0.15, 0.2) is 65.0 Å². The van der Waals surface area contributed by atoms with Crippen LogP contribution in [0.5, 0.6) is 17.2 Å². The number of carbonyl (C=O) groups is 1. The third kappa shape index (κ3) is 7.54. The number of ether oxygens (including phenoxy) is 2. The zero-order chi connectivity index (χ0) is 46.3. The highest BCUT2D eigenvalue weighted by atomic mass is 16.5. The molecule has 5 heterocycles. The van der Waals surface area contributed by atoms with Crippen molar-refractivity contribution in [2.75, 3.05) is 13.1 Å². The van der Waals surface area contributed by atoms with Crippen molar-refractivity contribution in [1.29, 1.82) is 0 Å². The van der Waals surface area contributed by atoms with Crippen molar-refractivity contribution in [2.45, 2.75) is 158 Å². The number of aromatic hydroxyl groups is 1. The summed E-state index contributed by atoms with van der Waals surface area (Å²) in [6, 6.07) is 7.46. The van der Waals surface area contributed by atoms with Gasteiger partial charge in [0.1, 0.15) is 23.7 Å². The smallest absolute Gasteiger partial charge is 0.187 e. The molecule has 7 N–H and O–H groups in total. The van der Waals surface area contributed by atoms with Gasteiger partial charge in [-0.3, -0.25) is 15.1 Å². The quantitative estimate of drug-likeness (QED) is 0.118. The predicted octanol–water partition coefficient (Wildman–Crippen LogP) is 7.99. The highest BCUT2D eigenvalue weighted by Gasteiger charge is 2.55. The fourth-order valence-corrected chi connectivity index (χ4v) is 14.9. The molecule has 5 aliphatic carbocycles. The Kier molecular flexibility index (Phi) is 11.4. The summed E-state index contributed by atoms with van der Waals surface area (Å²) < 4.78 is 13.4. The second-order valence-corrected chi connectivity index (χ2v) is 22.2. The molecule has 10 aliphatic rings. The lowest BCUT2D eigenvalue weighted by atomic mass is 9.55. The van der Waals surface area contributed by atoms with Crippen LogP contribution in [0.25, 0.3) is 0 Å². The molecule has 12 rings (SSSR count). The fourth-order valence-electron chi connectivity index (χ4n) is 14.9. The van der Waals surface area contributed by atoms with Crippen LogP contribution < -0.4 is 20.5 Å². The molecule has 10 atom stereocenters. The molecule has 11 nitrogen and oxygen atoms in total. The number of phenolic OH excluding ortho intramolecular Hbond substituents is 1. The van der Waals surface area contributed by atoms with Crippen molar-refractivity contribution in [1.82, 2.24) is 10.2 Å². The van der Waals surface area contributed by atoms with Crippen LogP contribution >= 0.6 is 0 Å². The van der Waals surface area contributed by atoms with Crippen LogP contribution in [-0.4, -0.2) is 68.3 Å². The number of fused-ring (bicyclic) bond motifs is 7. The predicted molar refractivity (Wildman–Crippen MR) is 258 cm³/mol. The molecule has 3 saturated carbocycles. The Bertz CT molecular complexity index is 2630. The average Bonchev–Trinajstić information content (AvgIpc) is 4.17. The monoisotopic (exact) mass is 918 g/mol. The number of phenols is 1. The van der Waals surface area contributed by atoms with Gasteiger partial charge in [0.05, 0.1) is 42.0 Å². The molecule has 0 radical (unpaired) electrons. The molecule has 5 aliphatic heterocycles. The van der Waals surface area contributed by atoms with Crippen LogP contribution in [0.1, 0.15) is 161 Å². The number of carbonyl (C=O) groups excluding carboxylic acids is 1. The SMILES string of the molecule is N[C@@H]1NC[C@H]2CC3(CCCC3)[C@H]3C4=CN=C5CN(C=C45)[C@@H]4Oc5cc(CCC(=O)C[C@H](O)[C@H]6C=C[C@H](C7CCCCC7)C[C@H]6O)c(O)cc5OC#CC5(CCCC5)[C@@H]4C#C[C@H](O)c4ccc1c2c43. The number of hydrogen-bond donors (Lipinski definition) is 6. The Morgan fingerprint density at radius 2 is 1.76 bits per heavy atom. The van der Waals surface area contributed by atoms with Crippen molar-refractivity contribution in [3.8, 4) is 41.1 Å². The molecule has 0 saturated heterocycles. The number of Topliss-reactive ketones (excluding diaryl/α,β-unsaturated/α-hetero) is 1. The van der Waals surface area contributed by atoms with E-state index < -0.39 is 41.8 Å². The second-order valence-electron chi connectivity index (χ2n) is 22.2. The summed E-state index contributed by atoms with van der Waals surface area (Å²) in [5.74, 6) is 11.3. The van der Waals surface area contributed by atoms with Gasteiger partial charge in [-0.15, -0.1) is 0 Å². The van der Waals surface area contributed by atoms with E-state index in [1.54, 1.807) is 6.07 Å². The van der Waals surface area contributed by atoms with Crippen molar-refractivity contribution in [3.63, 3.8) is 0 Å². The summed E-state index contributed by atoms with van der Waals surface area (Å²) in [6.45, 7) is 1.32. The lowest BCUT2D eigenvalue weighted by Gasteiger charge is -2.50. The Hall–Kier alpha value is -4.88. The van der Waals surface area contributed by atoms with Gasteiger partial charge in [-0.05, 0) is 120 Å². The fraction of sp³-hybridized carbons (Fsp3) is 0.579. The minimum atomic E-state index is -1.07. The number of nitrogens with one attached hydrogen (secondary N) is 1. The van der Waals surface area contributed by atoms with Gasteiger partial charge in [0.25, 0.3) is 0 Å². The number of ketones is 1. The highest BCUT2D eigenvalue weighted by Crippen LogP contribution is 2.65. The first-order valence-corrected chi connectivity index (χ1v) is 26.0. The summed E-state index contributed by atoms with van der Waals surface area (Å²) in [5.41, 5.74) is 14.5. The molecule has 0 aromatic heterocycles. The molecule has 2 aromatic rings. The highest BCUT2D eigenvalue weighted by molar-refractivity contribution is 6.10. The third-order valence-electron chi connectivity index (χ3n) is 18.3. The number of aliphatic imine (C=N–C) groups is 1. The molecule has 3 fully saturated rings. The van der Waals surface area contributed by atoms with Gasteiger partial charge >= 0.3 is 0 Å². The minimum Gasteiger partial charge on any atom is -0.508 e. The van der Waals surface area contributed by atoms with Gasteiger partial charge in [-0.25, -0.2) is 0 Å². The lowest BCUT2D eigenvalue weighted by molar-refractivity contribution is -0.122. The van der Waals surface area contributed by atoms with E-state index in [4.69, 9.17) is 20.2 Å². The van der Waals surface area contributed by atoms with Gasteiger partial charge in [-0.1, -0.05) is 87.0 Å². The largest absolute Gasteiger partial charge is 0.508 e. The van der Waals surface area contributed by atoms with Crippen LogP contribution in [0, 0.1) is 58.4 Å². The maximum absolute atomic E-state index is 13.5. The molecular weight excluding hydrogens is 853 g/mol. The van der Waals surface area contributed by atoms with Crippen molar-refractivity contribution in [3.05, 3.63) is 87.8 Å². The van der Waals surface area contributed by atoms with E-state index in [0.29, 0.717) is 42.0 Å². The molecule has 0 unspecified atom stereocenters. The first kappa shape index (κ1) is 44.3. The first-order chi connectivity index (χ1) is 33.1. The van der Waals surface area contributed by atoms with Gasteiger partial charge in [-0.2, -0.15) is 0 Å². The number of allylic oxidation sites excluding steroid dienone is 2. The maximum atomic E-state index is 13.5. The molecule has 2 bridgehead atoms. The van der Waals surface area contributed by atoms with E-state index in [-0.39, 0.29) is 54.0 Å². The van der Waals surface area contributed by atoms with Gasteiger partial charge < -0.3 is 40.5 Å². The Balaban J connectivity index is 0.873. The number of rotatable bonds is 7. The molecule has 2 spiro atoms. The topological polar surface area (TPSA) is 170 Å². The van der Waals surface area contributed by atoms with Crippen molar-refractivity contribution < 1.29 is 34.7 Å². The maximum Gasteiger partial charge on any atom is 0.187 e. The first-order valence-electron chi connectivity index (χ1n) is 26.0. The Morgan fingerprint density at radius 3 is 2.57 bits per heavy atom. The molecule has 11 heteroatoms. The number of aliphatic hydroxyl groups excluding tert-OH is 3. The molecule has 2 aromatic carbocycles. The third-order valence-corrected chi connectivity index (χ3v) is 18.3. The number of aliphatic hydroxyl groups is 3. The van der Waals surface area contributed by atoms with E-state index in [1.807, 2.05) is 6.08 Å². The van der Waals surface area contributed by atoms with E-state index in [1.165, 1.54) is 67.7 Å². The number of benzene rings is 2. The Morgan fingerprint density at radius 1 is 0.971 bits per heavy atom. The lowest BCUT2D eigenvalue weighted by Crippen LogP contribution is -2.47. The second kappa shape index (κ2) is 17.5. The van der Waals surface area contributed by atoms with Gasteiger partial charge in [0.15, 0.2) is 17.7 Å². The molecular formula is C57H66N4O7. The summed E-state index contributed by atoms with van der Waals surface area (Å²) in [7, 11) is 0. The number of hydrogen-bond acceptors (Lipinski definition) is 11. The minimum absolute atomic E-state index is 0.0112. The summed E-state index contributed by atoms with van der Waals surface area (Å²) in [4.78, 5) is 20.9. The van der Waals surface area contributed by atoms with E-state index in [9.17, 15) is 25.2 Å². The molecule has 0 amide bonds. The van der Waals surface area contributed by atoms with Gasteiger partial charge in [0, 0.05) is 55.3 Å². The van der Waals surface area contributed by atoms with E-state index >= 15 is 0 Å². The zero-order valence-corrected chi connectivity index (χ0v) is 39.1. The van der Waals surface area contributed by atoms with Crippen LogP contribution in [0.4, 0.5) is 0 Å². The zero-order valence-electron chi connectivity index (χ0n) is 39.1. The average molecular weight is 919 g/mol. The summed E-state index contributed by atoms with van der Waals surface area (Å²) in [6.07, 6.45) is 23.9. The van der Waals surface area contributed by atoms with Crippen LogP contribution in [0.2, 0.25) is 0 Å². The van der Waals surface area contributed by atoms with Gasteiger partial charge in [0.2, 0.25) is 0 Å².